The van der Waals surface area contributed by atoms with Gasteiger partial charge >= 0.3 is 0 Å². The molecule has 19 heavy (non-hydrogen) atoms. The Morgan fingerprint density at radius 2 is 1.95 bits per heavy atom. The van der Waals surface area contributed by atoms with E-state index in [0.717, 1.165) is 38.3 Å². The van der Waals surface area contributed by atoms with E-state index in [9.17, 15) is 8.42 Å². The second kappa shape index (κ2) is 6.23. The third kappa shape index (κ3) is 5.06. The van der Waals surface area contributed by atoms with Crippen LogP contribution in [0.2, 0.25) is 0 Å². The Kier molecular flexibility index (Phi) is 4.62. The molecule has 1 aromatic carbocycles. The molecule has 0 saturated carbocycles. The summed E-state index contributed by atoms with van der Waals surface area (Å²) >= 11 is 0. The Morgan fingerprint density at radius 1 is 1.26 bits per heavy atom. The Morgan fingerprint density at radius 3 is 2.63 bits per heavy atom. The predicted octanol–water partition coefficient (Wildman–Crippen LogP) is 1.14. The first-order chi connectivity index (χ1) is 9.03. The second-order valence-electron chi connectivity index (χ2n) is 4.66. The Labute approximate surface area is 113 Å². The lowest BCUT2D eigenvalue weighted by Crippen LogP contribution is -2.23. The van der Waals surface area contributed by atoms with E-state index in [1.165, 1.54) is 0 Å². The molecule has 0 spiro atoms. The van der Waals surface area contributed by atoms with Gasteiger partial charge in [0.25, 0.3) is 10.2 Å². The van der Waals surface area contributed by atoms with Crippen molar-refractivity contribution in [3.8, 4) is 0 Å². The number of rotatable bonds is 5. The van der Waals surface area contributed by atoms with Crippen LogP contribution in [-0.2, 0) is 14.9 Å². The third-order valence-electron chi connectivity index (χ3n) is 3.06. The fraction of sp³-hybridized carbons (Fsp3) is 0.500. The van der Waals surface area contributed by atoms with Crippen molar-refractivity contribution in [1.82, 2.24) is 0 Å². The van der Waals surface area contributed by atoms with E-state index < -0.39 is 10.2 Å². The molecule has 0 aliphatic carbocycles. The van der Waals surface area contributed by atoms with Crippen molar-refractivity contribution in [3.05, 3.63) is 24.3 Å². The van der Waals surface area contributed by atoms with Crippen LogP contribution in [0.1, 0.15) is 12.8 Å². The van der Waals surface area contributed by atoms with Crippen LogP contribution in [0.4, 0.5) is 11.4 Å². The Bertz CT molecular complexity index is 513. The lowest BCUT2D eigenvalue weighted by atomic mass is 10.0. The smallest absolute Gasteiger partial charge is 0.296 e. The molecule has 0 atom stereocenters. The Balaban J connectivity index is 1.91. The molecule has 4 N–H and O–H groups in total. The van der Waals surface area contributed by atoms with Gasteiger partial charge in [-0.1, -0.05) is 6.07 Å². The van der Waals surface area contributed by atoms with Crippen LogP contribution < -0.4 is 15.2 Å². The number of nitrogens with two attached hydrogens (primary N) is 1. The fourth-order valence-corrected chi connectivity index (χ4v) is 2.53. The molecule has 0 amide bonds. The van der Waals surface area contributed by atoms with E-state index in [1.807, 2.05) is 6.07 Å². The van der Waals surface area contributed by atoms with Gasteiger partial charge in [-0.05, 0) is 37.0 Å². The summed E-state index contributed by atoms with van der Waals surface area (Å²) in [4.78, 5) is 0. The highest BCUT2D eigenvalue weighted by Gasteiger charge is 2.13. The van der Waals surface area contributed by atoms with Gasteiger partial charge in [0.1, 0.15) is 0 Å². The Hall–Kier alpha value is -1.31. The van der Waals surface area contributed by atoms with Crippen molar-refractivity contribution in [1.29, 1.82) is 0 Å². The van der Waals surface area contributed by atoms with E-state index in [1.54, 1.807) is 18.2 Å². The minimum absolute atomic E-state index is 0.458. The zero-order valence-corrected chi connectivity index (χ0v) is 11.4. The van der Waals surface area contributed by atoms with E-state index in [-0.39, 0.29) is 0 Å². The molecule has 1 aliphatic rings. The summed E-state index contributed by atoms with van der Waals surface area (Å²) in [5.41, 5.74) is 1.33. The highest BCUT2D eigenvalue weighted by molar-refractivity contribution is 7.90. The van der Waals surface area contributed by atoms with Gasteiger partial charge in [-0.3, -0.25) is 4.72 Å². The molecule has 1 fully saturated rings. The zero-order chi connectivity index (χ0) is 13.7. The molecule has 2 rings (SSSR count). The van der Waals surface area contributed by atoms with Crippen molar-refractivity contribution in [2.45, 2.75) is 12.8 Å². The molecule has 0 unspecified atom stereocenters. The van der Waals surface area contributed by atoms with E-state index in [4.69, 9.17) is 9.88 Å². The molecule has 1 aliphatic heterocycles. The molecule has 0 aromatic heterocycles. The van der Waals surface area contributed by atoms with Crippen molar-refractivity contribution < 1.29 is 13.2 Å². The van der Waals surface area contributed by atoms with Crippen LogP contribution >= 0.6 is 0 Å². The minimum atomic E-state index is -3.72. The molecular formula is C12H19N3O3S. The van der Waals surface area contributed by atoms with E-state index >= 15 is 0 Å². The van der Waals surface area contributed by atoms with Gasteiger partial charge in [0.2, 0.25) is 0 Å². The van der Waals surface area contributed by atoms with Crippen LogP contribution in [0.3, 0.4) is 0 Å². The average Bonchev–Trinajstić information content (AvgIpc) is 2.36. The van der Waals surface area contributed by atoms with E-state index in [2.05, 4.69) is 10.0 Å². The SMILES string of the molecule is NS(=O)(=O)Nc1cccc(NCC2CCOCC2)c1. The first-order valence-corrected chi connectivity index (χ1v) is 7.80. The summed E-state index contributed by atoms with van der Waals surface area (Å²) in [5, 5.41) is 8.24. The van der Waals surface area contributed by atoms with Gasteiger partial charge in [0.15, 0.2) is 0 Å². The number of nitrogens with one attached hydrogen (secondary N) is 2. The molecule has 6 nitrogen and oxygen atoms in total. The van der Waals surface area contributed by atoms with Gasteiger partial charge in [0.05, 0.1) is 5.69 Å². The normalized spacial score (nSPS) is 17.1. The molecule has 1 heterocycles. The number of hydrogen-bond donors (Lipinski definition) is 3. The fourth-order valence-electron chi connectivity index (χ4n) is 2.07. The minimum Gasteiger partial charge on any atom is -0.385 e. The maximum Gasteiger partial charge on any atom is 0.296 e. The number of benzene rings is 1. The van der Waals surface area contributed by atoms with Crippen LogP contribution in [-0.4, -0.2) is 28.2 Å². The monoisotopic (exact) mass is 285 g/mol. The van der Waals surface area contributed by atoms with Gasteiger partial charge in [0, 0.05) is 25.4 Å². The topological polar surface area (TPSA) is 93.5 Å². The highest BCUT2D eigenvalue weighted by Crippen LogP contribution is 2.19. The quantitative estimate of drug-likeness (QED) is 0.756. The first-order valence-electron chi connectivity index (χ1n) is 6.25. The van der Waals surface area contributed by atoms with Crippen LogP contribution in [0, 0.1) is 5.92 Å². The summed E-state index contributed by atoms with van der Waals surface area (Å²) in [7, 11) is -3.72. The predicted molar refractivity (Wildman–Crippen MR) is 75.2 cm³/mol. The lowest BCUT2D eigenvalue weighted by Gasteiger charge is -2.22. The molecule has 1 saturated heterocycles. The second-order valence-corrected chi connectivity index (χ2v) is 5.96. The van der Waals surface area contributed by atoms with E-state index in [0.29, 0.717) is 11.6 Å². The number of ether oxygens (including phenoxy) is 1. The van der Waals surface area contributed by atoms with Gasteiger partial charge in [-0.2, -0.15) is 8.42 Å². The molecule has 1 aromatic rings. The summed E-state index contributed by atoms with van der Waals surface area (Å²) in [6.45, 7) is 2.50. The zero-order valence-electron chi connectivity index (χ0n) is 10.6. The molecule has 0 radical (unpaired) electrons. The van der Waals surface area contributed by atoms with Crippen molar-refractivity contribution in [3.63, 3.8) is 0 Å². The van der Waals surface area contributed by atoms with Crippen molar-refractivity contribution in [2.75, 3.05) is 29.8 Å². The van der Waals surface area contributed by atoms with Crippen LogP contribution in [0.5, 0.6) is 0 Å². The average molecular weight is 285 g/mol. The highest BCUT2D eigenvalue weighted by atomic mass is 32.2. The summed E-state index contributed by atoms with van der Waals surface area (Å²) < 4.78 is 29.5. The van der Waals surface area contributed by atoms with Gasteiger partial charge in [-0.15, -0.1) is 0 Å². The van der Waals surface area contributed by atoms with Crippen LogP contribution in [0.15, 0.2) is 24.3 Å². The summed E-state index contributed by atoms with van der Waals surface area (Å²) in [6.07, 6.45) is 2.12. The van der Waals surface area contributed by atoms with Crippen molar-refractivity contribution in [2.24, 2.45) is 11.1 Å². The largest absolute Gasteiger partial charge is 0.385 e. The van der Waals surface area contributed by atoms with Gasteiger partial charge < -0.3 is 10.1 Å². The molecule has 7 heteroatoms. The third-order valence-corrected chi connectivity index (χ3v) is 3.58. The maximum atomic E-state index is 10.9. The first kappa shape index (κ1) is 14.1. The standard InChI is InChI=1S/C12H19N3O3S/c13-19(16,17)15-12-3-1-2-11(8-12)14-9-10-4-6-18-7-5-10/h1-3,8,10,14-15H,4-7,9H2,(H2,13,16,17). The molecule has 0 bridgehead atoms. The maximum absolute atomic E-state index is 10.9. The molecular weight excluding hydrogens is 266 g/mol. The summed E-state index contributed by atoms with van der Waals surface area (Å²) in [5.74, 6) is 0.601. The number of hydrogen-bond acceptors (Lipinski definition) is 4. The number of anilines is 2. The van der Waals surface area contributed by atoms with Crippen molar-refractivity contribution >= 4 is 21.6 Å². The lowest BCUT2D eigenvalue weighted by molar-refractivity contribution is 0.0699. The summed E-state index contributed by atoms with van der Waals surface area (Å²) in [6, 6.07) is 7.06. The van der Waals surface area contributed by atoms with Crippen LogP contribution in [0.25, 0.3) is 0 Å². The van der Waals surface area contributed by atoms with Gasteiger partial charge in [-0.25, -0.2) is 5.14 Å². The molecule has 106 valence electrons.